The van der Waals surface area contributed by atoms with Crippen molar-refractivity contribution in [2.45, 2.75) is 0 Å². The van der Waals surface area contributed by atoms with E-state index in [2.05, 4.69) is 5.32 Å². The lowest BCUT2D eigenvalue weighted by Crippen LogP contribution is -2.54. The zero-order valence-corrected chi connectivity index (χ0v) is 17.4. The molecule has 1 aromatic heterocycles. The number of nitrogens with one attached hydrogen (secondary N) is 1. The van der Waals surface area contributed by atoms with E-state index in [1.54, 1.807) is 29.6 Å². The number of para-hydroxylation sites is 1. The van der Waals surface area contributed by atoms with E-state index in [0.717, 1.165) is 11.3 Å². The smallest absolute Gasteiger partial charge is 0.337 e. The molecule has 154 valence electrons. The second-order valence-electron chi connectivity index (χ2n) is 6.37. The highest BCUT2D eigenvalue weighted by Crippen LogP contribution is 2.28. The van der Waals surface area contributed by atoms with Crippen molar-refractivity contribution in [2.24, 2.45) is 0 Å². The lowest BCUT2D eigenvalue weighted by molar-refractivity contribution is -0.122. The molecule has 0 spiro atoms. The van der Waals surface area contributed by atoms with Gasteiger partial charge in [-0.15, -0.1) is 11.3 Å². The summed E-state index contributed by atoms with van der Waals surface area (Å²) in [4.78, 5) is 38.3. The van der Waals surface area contributed by atoms with E-state index in [9.17, 15) is 19.5 Å². The highest BCUT2D eigenvalue weighted by atomic mass is 32.1. The molecule has 9 heteroatoms. The Morgan fingerprint density at radius 1 is 1.03 bits per heavy atom. The highest BCUT2D eigenvalue weighted by Gasteiger charge is 2.35. The Balaban J connectivity index is 1.62. The maximum atomic E-state index is 13.1. The van der Waals surface area contributed by atoms with Crippen molar-refractivity contribution >= 4 is 58.2 Å². The number of hydrogen-bond donors (Lipinski definition) is 2. The molecule has 2 amide bonds. The Bertz CT molecular complexity index is 1220. The predicted molar refractivity (Wildman–Crippen MR) is 120 cm³/mol. The molecule has 1 aliphatic heterocycles. The van der Waals surface area contributed by atoms with Crippen LogP contribution in [0, 0.1) is 0 Å². The van der Waals surface area contributed by atoms with Gasteiger partial charge in [-0.2, -0.15) is 0 Å². The monoisotopic (exact) mass is 450 g/mol. The van der Waals surface area contributed by atoms with Crippen molar-refractivity contribution in [3.8, 4) is 11.5 Å². The van der Waals surface area contributed by atoms with Crippen LogP contribution >= 0.6 is 23.6 Å². The van der Waals surface area contributed by atoms with Crippen molar-refractivity contribution in [3.05, 3.63) is 82.1 Å². The van der Waals surface area contributed by atoms with Gasteiger partial charge >= 0.3 is 5.97 Å². The maximum Gasteiger partial charge on any atom is 0.337 e. The first-order chi connectivity index (χ1) is 14.9. The molecule has 0 aliphatic carbocycles. The van der Waals surface area contributed by atoms with Crippen LogP contribution in [-0.4, -0.2) is 28.0 Å². The molecule has 3 aromatic rings. The number of hydrogen-bond acceptors (Lipinski definition) is 6. The third-order valence-electron chi connectivity index (χ3n) is 4.38. The van der Waals surface area contributed by atoms with Gasteiger partial charge < -0.3 is 9.84 Å². The fourth-order valence-corrected chi connectivity index (χ4v) is 4.02. The molecule has 0 saturated carbocycles. The summed E-state index contributed by atoms with van der Waals surface area (Å²) >= 11 is 6.31. The molecule has 7 nitrogen and oxygen atoms in total. The molecule has 0 bridgehead atoms. The standard InChI is InChI=1S/C22H14N2O5S2/c25-19-17(12-18-16(21(27)28)10-11-31-18)20(26)24(22(30)23-19)13-6-8-15(9-7-13)29-14-4-2-1-3-5-14/h1-12H,(H,27,28)(H,23,25,30)/b17-12+. The number of thiophene rings is 1. The van der Waals surface area contributed by atoms with Crippen molar-refractivity contribution in [1.29, 1.82) is 0 Å². The number of benzene rings is 2. The highest BCUT2D eigenvalue weighted by molar-refractivity contribution is 7.80. The fraction of sp³-hybridized carbons (Fsp3) is 0. The summed E-state index contributed by atoms with van der Waals surface area (Å²) in [6, 6.07) is 17.3. The Morgan fingerprint density at radius 3 is 2.39 bits per heavy atom. The fourth-order valence-electron chi connectivity index (χ4n) is 2.92. The molecular formula is C22H14N2O5S2. The van der Waals surface area contributed by atoms with Crippen molar-refractivity contribution in [1.82, 2.24) is 5.32 Å². The number of carbonyl (C=O) groups excluding carboxylic acids is 2. The SMILES string of the molecule is O=C1NC(=S)N(c2ccc(Oc3ccccc3)cc2)C(=O)/C1=C/c1sccc1C(=O)O. The first-order valence-electron chi connectivity index (χ1n) is 8.99. The van der Waals surface area contributed by atoms with Gasteiger partial charge in [0.2, 0.25) is 0 Å². The van der Waals surface area contributed by atoms with Crippen molar-refractivity contribution in [2.75, 3.05) is 4.90 Å². The summed E-state index contributed by atoms with van der Waals surface area (Å²) in [5.74, 6) is -1.23. The molecule has 2 aromatic carbocycles. The molecule has 31 heavy (non-hydrogen) atoms. The number of carbonyl (C=O) groups is 3. The van der Waals surface area contributed by atoms with Crippen molar-refractivity contribution < 1.29 is 24.2 Å². The Hall–Kier alpha value is -3.82. The number of aromatic carboxylic acids is 1. The van der Waals surface area contributed by atoms with Crippen LogP contribution in [0.2, 0.25) is 0 Å². The van der Waals surface area contributed by atoms with Gasteiger partial charge in [-0.05, 0) is 66.1 Å². The summed E-state index contributed by atoms with van der Waals surface area (Å²) in [5, 5.41) is 13.3. The minimum Gasteiger partial charge on any atom is -0.478 e. The van der Waals surface area contributed by atoms with Gasteiger partial charge in [-0.3, -0.25) is 19.8 Å². The first-order valence-corrected chi connectivity index (χ1v) is 10.3. The topological polar surface area (TPSA) is 95.9 Å². The number of thiocarbonyl (C=S) groups is 1. The Morgan fingerprint density at radius 2 is 1.71 bits per heavy atom. The third-order valence-corrected chi connectivity index (χ3v) is 5.53. The molecular weight excluding hydrogens is 436 g/mol. The van der Waals surface area contributed by atoms with Crippen LogP contribution in [0.3, 0.4) is 0 Å². The van der Waals surface area contributed by atoms with E-state index >= 15 is 0 Å². The summed E-state index contributed by atoms with van der Waals surface area (Å²) in [7, 11) is 0. The van der Waals surface area contributed by atoms with E-state index in [0.29, 0.717) is 22.1 Å². The summed E-state index contributed by atoms with van der Waals surface area (Å²) in [6.45, 7) is 0. The molecule has 0 unspecified atom stereocenters. The molecule has 1 aliphatic rings. The lowest BCUT2D eigenvalue weighted by atomic mass is 10.1. The minimum atomic E-state index is -1.14. The van der Waals surface area contributed by atoms with Gasteiger partial charge in [0.05, 0.1) is 11.3 Å². The summed E-state index contributed by atoms with van der Waals surface area (Å²) < 4.78 is 5.75. The zero-order valence-electron chi connectivity index (χ0n) is 15.8. The Kier molecular flexibility index (Phi) is 5.61. The zero-order chi connectivity index (χ0) is 22.0. The van der Waals surface area contributed by atoms with Gasteiger partial charge in [0.1, 0.15) is 17.1 Å². The molecule has 0 radical (unpaired) electrons. The molecule has 0 atom stereocenters. The number of ether oxygens (including phenoxy) is 1. The number of rotatable bonds is 5. The van der Waals surface area contributed by atoms with Crippen LogP contribution in [0.5, 0.6) is 11.5 Å². The number of carboxylic acid groups (broad SMARTS) is 1. The number of nitrogens with zero attached hydrogens (tertiary/aromatic N) is 1. The van der Waals surface area contributed by atoms with Crippen LogP contribution in [0.4, 0.5) is 5.69 Å². The summed E-state index contributed by atoms with van der Waals surface area (Å²) in [5.41, 5.74) is 0.245. The predicted octanol–water partition coefficient (Wildman–Crippen LogP) is 4.07. The summed E-state index contributed by atoms with van der Waals surface area (Å²) in [6.07, 6.45) is 1.27. The van der Waals surface area contributed by atoms with E-state index in [1.165, 1.54) is 17.0 Å². The molecule has 4 rings (SSSR count). The Labute approximate surface area is 186 Å². The van der Waals surface area contributed by atoms with Gasteiger partial charge in [0.15, 0.2) is 5.11 Å². The quantitative estimate of drug-likeness (QED) is 0.346. The van der Waals surface area contributed by atoms with E-state index in [1.807, 2.05) is 30.3 Å². The normalized spacial score (nSPS) is 15.2. The second-order valence-corrected chi connectivity index (χ2v) is 7.70. The maximum absolute atomic E-state index is 13.1. The van der Waals surface area contributed by atoms with Gasteiger partial charge in [-0.25, -0.2) is 4.79 Å². The van der Waals surface area contributed by atoms with E-state index in [-0.39, 0.29) is 16.2 Å². The van der Waals surface area contributed by atoms with Crippen LogP contribution in [0.25, 0.3) is 6.08 Å². The second kappa shape index (κ2) is 8.50. The minimum absolute atomic E-state index is 0.0141. The average Bonchev–Trinajstić information content (AvgIpc) is 3.22. The molecule has 1 saturated heterocycles. The van der Waals surface area contributed by atoms with Crippen LogP contribution in [0.1, 0.15) is 15.2 Å². The molecule has 2 N–H and O–H groups in total. The number of anilines is 1. The van der Waals surface area contributed by atoms with Crippen LogP contribution in [-0.2, 0) is 9.59 Å². The van der Waals surface area contributed by atoms with Crippen LogP contribution < -0.4 is 15.0 Å². The molecule has 2 heterocycles. The molecule has 1 fully saturated rings. The lowest BCUT2D eigenvalue weighted by Gasteiger charge is -2.29. The van der Waals surface area contributed by atoms with Gasteiger partial charge in [0, 0.05) is 4.88 Å². The van der Waals surface area contributed by atoms with E-state index < -0.39 is 17.8 Å². The first kappa shape index (κ1) is 20.5. The van der Waals surface area contributed by atoms with Crippen LogP contribution in [0.15, 0.2) is 71.6 Å². The number of carboxylic acids is 1. The van der Waals surface area contributed by atoms with Gasteiger partial charge in [0.25, 0.3) is 11.8 Å². The van der Waals surface area contributed by atoms with Crippen molar-refractivity contribution in [3.63, 3.8) is 0 Å². The number of amides is 2. The van der Waals surface area contributed by atoms with Gasteiger partial charge in [-0.1, -0.05) is 18.2 Å². The third kappa shape index (κ3) is 4.23. The van der Waals surface area contributed by atoms with E-state index in [4.69, 9.17) is 17.0 Å². The largest absolute Gasteiger partial charge is 0.478 e. The average molecular weight is 450 g/mol.